The van der Waals surface area contributed by atoms with Crippen LogP contribution in [0.2, 0.25) is 0 Å². The van der Waals surface area contributed by atoms with Crippen LogP contribution in [0.5, 0.6) is 5.75 Å². The van der Waals surface area contributed by atoms with Crippen LogP contribution in [-0.4, -0.2) is 59.7 Å². The summed E-state index contributed by atoms with van der Waals surface area (Å²) in [4.78, 5) is 54.4. The monoisotopic (exact) mass is 493 g/mol. The standard InChI is InChI=1S/C28H35N3O5/c1-5-24(26(33)29-17-19(2)3)31(18-20-12-14-21(36-4)15-13-20)25(32)11-8-16-30-27(34)22-9-6-7-10-23(22)28(30)35/h6-7,9-10,12-15,19,24H,5,8,11,16-18H2,1-4H3,(H,29,33)/t24-/m0/s1. The Morgan fingerprint density at radius 3 is 2.14 bits per heavy atom. The fourth-order valence-electron chi connectivity index (χ4n) is 4.24. The number of nitrogens with one attached hydrogen (secondary N) is 1. The lowest BCUT2D eigenvalue weighted by Gasteiger charge is -2.31. The van der Waals surface area contributed by atoms with Gasteiger partial charge in [0.15, 0.2) is 0 Å². The molecule has 1 aliphatic rings. The zero-order valence-electron chi connectivity index (χ0n) is 21.5. The Labute approximate surface area is 212 Å². The number of amides is 4. The minimum atomic E-state index is -0.627. The number of nitrogens with zero attached hydrogens (tertiary/aromatic N) is 2. The van der Waals surface area contributed by atoms with Crippen LogP contribution in [0, 0.1) is 5.92 Å². The fraction of sp³-hybridized carbons (Fsp3) is 0.429. The molecule has 36 heavy (non-hydrogen) atoms. The third-order valence-electron chi connectivity index (χ3n) is 6.23. The Hall–Kier alpha value is -3.68. The smallest absolute Gasteiger partial charge is 0.261 e. The zero-order chi connectivity index (χ0) is 26.2. The summed E-state index contributed by atoms with van der Waals surface area (Å²) >= 11 is 0. The first-order valence-corrected chi connectivity index (χ1v) is 12.4. The van der Waals surface area contributed by atoms with Gasteiger partial charge in [0.05, 0.1) is 18.2 Å². The molecule has 2 aromatic carbocycles. The number of rotatable bonds is 12. The molecule has 1 aliphatic heterocycles. The number of ether oxygens (including phenoxy) is 1. The molecule has 1 N–H and O–H groups in total. The molecule has 0 saturated carbocycles. The van der Waals surface area contributed by atoms with Crippen LogP contribution in [0.15, 0.2) is 48.5 Å². The van der Waals surface area contributed by atoms with E-state index >= 15 is 0 Å². The maximum atomic E-state index is 13.4. The van der Waals surface area contributed by atoms with Crippen LogP contribution < -0.4 is 10.1 Å². The summed E-state index contributed by atoms with van der Waals surface area (Å²) in [7, 11) is 1.59. The average Bonchev–Trinajstić information content (AvgIpc) is 3.12. The van der Waals surface area contributed by atoms with Gasteiger partial charge in [-0.2, -0.15) is 0 Å². The molecular formula is C28H35N3O5. The van der Waals surface area contributed by atoms with Crippen molar-refractivity contribution in [1.29, 1.82) is 0 Å². The summed E-state index contributed by atoms with van der Waals surface area (Å²) < 4.78 is 5.22. The van der Waals surface area contributed by atoms with Crippen molar-refractivity contribution in [2.24, 2.45) is 5.92 Å². The predicted molar refractivity (Wildman–Crippen MR) is 137 cm³/mol. The zero-order valence-corrected chi connectivity index (χ0v) is 21.5. The van der Waals surface area contributed by atoms with E-state index in [0.717, 1.165) is 5.56 Å². The number of imide groups is 1. The summed E-state index contributed by atoms with van der Waals surface area (Å²) in [5.41, 5.74) is 1.66. The molecule has 4 amide bonds. The quantitative estimate of drug-likeness (QED) is 0.456. The average molecular weight is 494 g/mol. The third-order valence-corrected chi connectivity index (χ3v) is 6.23. The first-order valence-electron chi connectivity index (χ1n) is 12.4. The van der Waals surface area contributed by atoms with E-state index in [1.165, 1.54) is 4.90 Å². The number of hydrogen-bond donors (Lipinski definition) is 1. The van der Waals surface area contributed by atoms with Gasteiger partial charge >= 0.3 is 0 Å². The third kappa shape index (κ3) is 6.30. The molecule has 1 heterocycles. The molecule has 2 aromatic rings. The van der Waals surface area contributed by atoms with E-state index in [9.17, 15) is 19.2 Å². The molecule has 0 radical (unpaired) electrons. The molecule has 1 atom stereocenters. The van der Waals surface area contributed by atoms with Crippen molar-refractivity contribution in [2.45, 2.75) is 52.6 Å². The molecule has 3 rings (SSSR count). The van der Waals surface area contributed by atoms with Gasteiger partial charge in [-0.3, -0.25) is 24.1 Å². The van der Waals surface area contributed by atoms with Crippen LogP contribution in [0.3, 0.4) is 0 Å². The highest BCUT2D eigenvalue weighted by molar-refractivity contribution is 6.21. The number of benzene rings is 2. The number of hydrogen-bond acceptors (Lipinski definition) is 5. The molecule has 192 valence electrons. The van der Waals surface area contributed by atoms with Gasteiger partial charge in [0, 0.05) is 26.1 Å². The minimum absolute atomic E-state index is 0.109. The van der Waals surface area contributed by atoms with E-state index in [4.69, 9.17) is 4.74 Å². The van der Waals surface area contributed by atoms with E-state index in [2.05, 4.69) is 5.32 Å². The van der Waals surface area contributed by atoms with Gasteiger partial charge in [-0.05, 0) is 48.6 Å². The second-order valence-electron chi connectivity index (χ2n) is 9.34. The maximum absolute atomic E-state index is 13.4. The molecule has 0 aromatic heterocycles. The lowest BCUT2D eigenvalue weighted by Crippen LogP contribution is -2.49. The highest BCUT2D eigenvalue weighted by Crippen LogP contribution is 2.23. The van der Waals surface area contributed by atoms with Gasteiger partial charge < -0.3 is 15.0 Å². The topological polar surface area (TPSA) is 96.0 Å². The van der Waals surface area contributed by atoms with Crippen LogP contribution in [0.4, 0.5) is 0 Å². The normalized spacial score (nSPS) is 13.5. The van der Waals surface area contributed by atoms with E-state index in [1.807, 2.05) is 45.0 Å². The second-order valence-corrected chi connectivity index (χ2v) is 9.34. The maximum Gasteiger partial charge on any atom is 0.261 e. The molecular weight excluding hydrogens is 458 g/mol. The molecule has 0 spiro atoms. The minimum Gasteiger partial charge on any atom is -0.497 e. The molecule has 0 unspecified atom stereocenters. The van der Waals surface area contributed by atoms with Crippen molar-refractivity contribution in [3.8, 4) is 5.75 Å². The van der Waals surface area contributed by atoms with Crippen LogP contribution in [0.1, 0.15) is 66.3 Å². The van der Waals surface area contributed by atoms with Crippen molar-refractivity contribution in [3.63, 3.8) is 0 Å². The Morgan fingerprint density at radius 2 is 1.61 bits per heavy atom. The first kappa shape index (κ1) is 26.9. The van der Waals surface area contributed by atoms with Crippen molar-refractivity contribution < 1.29 is 23.9 Å². The van der Waals surface area contributed by atoms with E-state index in [1.54, 1.807) is 36.3 Å². The van der Waals surface area contributed by atoms with E-state index in [-0.39, 0.29) is 49.1 Å². The predicted octanol–water partition coefficient (Wildman–Crippen LogP) is 3.65. The van der Waals surface area contributed by atoms with Crippen LogP contribution in [0.25, 0.3) is 0 Å². The summed E-state index contributed by atoms with van der Waals surface area (Å²) in [6.45, 7) is 6.85. The van der Waals surface area contributed by atoms with Crippen molar-refractivity contribution in [3.05, 3.63) is 65.2 Å². The van der Waals surface area contributed by atoms with Crippen molar-refractivity contribution in [1.82, 2.24) is 15.1 Å². The van der Waals surface area contributed by atoms with Crippen LogP contribution in [-0.2, 0) is 16.1 Å². The Morgan fingerprint density at radius 1 is 1.00 bits per heavy atom. The van der Waals surface area contributed by atoms with E-state index < -0.39 is 6.04 Å². The van der Waals surface area contributed by atoms with Crippen molar-refractivity contribution in [2.75, 3.05) is 20.2 Å². The number of carbonyl (C=O) groups is 4. The van der Waals surface area contributed by atoms with Gasteiger partial charge in [0.2, 0.25) is 11.8 Å². The summed E-state index contributed by atoms with van der Waals surface area (Å²) in [5, 5.41) is 2.94. The van der Waals surface area contributed by atoms with Gasteiger partial charge in [-0.15, -0.1) is 0 Å². The fourth-order valence-corrected chi connectivity index (χ4v) is 4.24. The highest BCUT2D eigenvalue weighted by Gasteiger charge is 2.35. The molecule has 0 aliphatic carbocycles. The second kappa shape index (κ2) is 12.3. The molecule has 8 nitrogen and oxygen atoms in total. The highest BCUT2D eigenvalue weighted by atomic mass is 16.5. The van der Waals surface area contributed by atoms with E-state index in [0.29, 0.717) is 36.3 Å². The van der Waals surface area contributed by atoms with Gasteiger partial charge in [0.25, 0.3) is 11.8 Å². The Kier molecular flexibility index (Phi) is 9.22. The lowest BCUT2D eigenvalue weighted by atomic mass is 10.1. The van der Waals surface area contributed by atoms with Gasteiger partial charge in [-0.25, -0.2) is 0 Å². The van der Waals surface area contributed by atoms with Crippen LogP contribution >= 0.6 is 0 Å². The Balaban J connectivity index is 1.70. The lowest BCUT2D eigenvalue weighted by molar-refractivity contribution is -0.141. The Bertz CT molecular complexity index is 1060. The number of methoxy groups -OCH3 is 1. The van der Waals surface area contributed by atoms with Gasteiger partial charge in [0.1, 0.15) is 11.8 Å². The molecule has 0 bridgehead atoms. The largest absolute Gasteiger partial charge is 0.497 e. The first-order chi connectivity index (χ1) is 17.3. The SMILES string of the molecule is CC[C@@H](C(=O)NCC(C)C)N(Cc1ccc(OC)cc1)C(=O)CCCN1C(=O)c2ccccc2C1=O. The molecule has 8 heteroatoms. The summed E-state index contributed by atoms with van der Waals surface area (Å²) in [6.07, 6.45) is 0.884. The number of carbonyl (C=O) groups excluding carboxylic acids is 4. The molecule has 0 fully saturated rings. The molecule has 0 saturated heterocycles. The summed E-state index contributed by atoms with van der Waals surface area (Å²) in [6, 6.07) is 13.5. The number of fused-ring (bicyclic) bond motifs is 1. The van der Waals surface area contributed by atoms with Gasteiger partial charge in [-0.1, -0.05) is 45.0 Å². The summed E-state index contributed by atoms with van der Waals surface area (Å²) in [5.74, 6) is -0.0613. The van der Waals surface area contributed by atoms with Crippen molar-refractivity contribution >= 4 is 23.6 Å².